The Morgan fingerprint density at radius 3 is 2.11 bits per heavy atom. The van der Waals surface area contributed by atoms with Crippen LogP contribution in [0.5, 0.6) is 0 Å². The average molecular weight is 257 g/mol. The molecule has 2 N–H and O–H groups in total. The molecule has 0 spiro atoms. The third-order valence-corrected chi connectivity index (χ3v) is 3.87. The molecular weight excluding hydrogens is 239 g/mol. The number of hydrogen-bond acceptors (Lipinski definition) is 1. The largest absolute Gasteiger partial charge is 0.416 e. The highest BCUT2D eigenvalue weighted by atomic mass is 19.4. The highest BCUT2D eigenvalue weighted by molar-refractivity contribution is 5.43. The fourth-order valence-electron chi connectivity index (χ4n) is 3.20. The van der Waals surface area contributed by atoms with Gasteiger partial charge in [0.05, 0.1) is 5.56 Å². The van der Waals surface area contributed by atoms with Gasteiger partial charge < -0.3 is 5.73 Å². The Kier molecular flexibility index (Phi) is 2.97. The summed E-state index contributed by atoms with van der Waals surface area (Å²) in [5.74, 6) is 0. The van der Waals surface area contributed by atoms with Gasteiger partial charge in [0, 0.05) is 11.0 Å². The fourth-order valence-corrected chi connectivity index (χ4v) is 3.20. The van der Waals surface area contributed by atoms with Gasteiger partial charge in [-0.15, -0.1) is 0 Å². The molecule has 0 saturated heterocycles. The van der Waals surface area contributed by atoms with Crippen LogP contribution in [0.4, 0.5) is 13.2 Å². The van der Waals surface area contributed by atoms with Crippen LogP contribution in [0.3, 0.4) is 0 Å². The van der Waals surface area contributed by atoms with Gasteiger partial charge in [0.15, 0.2) is 0 Å². The quantitative estimate of drug-likeness (QED) is 0.812. The molecule has 18 heavy (non-hydrogen) atoms. The maximum Gasteiger partial charge on any atom is 0.416 e. The molecule has 0 atom stereocenters. The zero-order chi connectivity index (χ0) is 13.6. The summed E-state index contributed by atoms with van der Waals surface area (Å²) in [5.41, 5.74) is 6.04. The van der Waals surface area contributed by atoms with Crippen LogP contribution in [0.2, 0.25) is 0 Å². The summed E-state index contributed by atoms with van der Waals surface area (Å²) in [5, 5.41) is 0. The lowest BCUT2D eigenvalue weighted by Gasteiger charge is -2.69. The molecule has 0 aromatic heterocycles. The van der Waals surface area contributed by atoms with Crippen LogP contribution in [0.1, 0.15) is 44.2 Å². The molecular formula is C14H18F3N. The first kappa shape index (κ1) is 13.4. The van der Waals surface area contributed by atoms with E-state index in [0.29, 0.717) is 0 Å². The van der Waals surface area contributed by atoms with Gasteiger partial charge in [-0.2, -0.15) is 13.2 Å². The second-order valence-corrected chi connectivity index (χ2v) is 5.25. The topological polar surface area (TPSA) is 26.0 Å². The molecule has 0 radical (unpaired) electrons. The lowest BCUT2D eigenvalue weighted by atomic mass is 9.38. The summed E-state index contributed by atoms with van der Waals surface area (Å²) in [6.07, 6.45) is -1.75. The number of alkyl halides is 3. The molecule has 1 aromatic rings. The zero-order valence-corrected chi connectivity index (χ0v) is 10.6. The van der Waals surface area contributed by atoms with Crippen molar-refractivity contribution in [2.75, 3.05) is 0 Å². The summed E-state index contributed by atoms with van der Waals surface area (Å²) < 4.78 is 37.6. The number of benzene rings is 1. The van der Waals surface area contributed by atoms with Gasteiger partial charge in [-0.25, -0.2) is 0 Å². The first-order valence-electron chi connectivity index (χ1n) is 6.30. The molecule has 1 nitrogen and oxygen atoms in total. The van der Waals surface area contributed by atoms with E-state index in [1.807, 2.05) is 13.8 Å². The Morgan fingerprint density at radius 2 is 1.67 bits per heavy atom. The molecule has 2 bridgehead atoms. The summed E-state index contributed by atoms with van der Waals surface area (Å²) in [6, 6.07) is 5.67. The monoisotopic (exact) mass is 257 g/mol. The van der Waals surface area contributed by atoms with Crippen molar-refractivity contribution in [1.29, 1.82) is 0 Å². The molecule has 1 aromatic carbocycles. The van der Waals surface area contributed by atoms with Crippen molar-refractivity contribution in [3.05, 3.63) is 35.4 Å². The second kappa shape index (κ2) is 3.98. The Hall–Kier alpha value is -1.03. The van der Waals surface area contributed by atoms with Crippen molar-refractivity contribution in [2.45, 2.75) is 50.2 Å². The third-order valence-electron chi connectivity index (χ3n) is 3.87. The molecule has 4 rings (SSSR count). The van der Waals surface area contributed by atoms with E-state index >= 15 is 0 Å². The second-order valence-electron chi connectivity index (χ2n) is 5.25. The molecule has 3 fully saturated rings. The van der Waals surface area contributed by atoms with E-state index in [9.17, 15) is 13.2 Å². The summed E-state index contributed by atoms with van der Waals surface area (Å²) in [6.45, 7) is 4.00. The van der Waals surface area contributed by atoms with Crippen LogP contribution in [0.15, 0.2) is 24.3 Å². The smallest absolute Gasteiger partial charge is 0.325 e. The Bertz CT molecular complexity index is 431. The predicted octanol–water partition coefficient (Wildman–Crippen LogP) is 3.86. The normalized spacial score (nSPS) is 32.8. The van der Waals surface area contributed by atoms with Crippen LogP contribution in [-0.2, 0) is 11.6 Å². The predicted molar refractivity (Wildman–Crippen MR) is 65.2 cm³/mol. The summed E-state index contributed by atoms with van der Waals surface area (Å²) >= 11 is 0. The lowest BCUT2D eigenvalue weighted by molar-refractivity contribution is -0.137. The molecule has 100 valence electrons. The van der Waals surface area contributed by atoms with Crippen LogP contribution in [0.25, 0.3) is 0 Å². The van der Waals surface area contributed by atoms with Gasteiger partial charge in [0.2, 0.25) is 0 Å². The first-order valence-corrected chi connectivity index (χ1v) is 6.30. The third kappa shape index (κ3) is 1.92. The van der Waals surface area contributed by atoms with E-state index in [1.165, 1.54) is 12.1 Å². The molecule has 3 saturated carbocycles. The molecule has 0 aliphatic heterocycles. The van der Waals surface area contributed by atoms with Crippen molar-refractivity contribution < 1.29 is 13.2 Å². The van der Waals surface area contributed by atoms with Crippen molar-refractivity contribution >= 4 is 0 Å². The van der Waals surface area contributed by atoms with Gasteiger partial charge >= 0.3 is 6.18 Å². The van der Waals surface area contributed by atoms with Crippen molar-refractivity contribution in [2.24, 2.45) is 5.73 Å². The standard InChI is InChI=1S/C12H12F3N.C2H6/c13-12(14,15)9-3-1-2-8(4-9)10-5-11(16,6-10)7-10;1-2/h1-4H,5-7,16H2;1-2H3. The van der Waals surface area contributed by atoms with Crippen LogP contribution in [-0.4, -0.2) is 5.54 Å². The Morgan fingerprint density at radius 1 is 1.11 bits per heavy atom. The zero-order valence-electron chi connectivity index (χ0n) is 10.6. The van der Waals surface area contributed by atoms with Crippen LogP contribution in [0, 0.1) is 0 Å². The van der Waals surface area contributed by atoms with Gasteiger partial charge in [0.1, 0.15) is 0 Å². The molecule has 0 heterocycles. The minimum Gasteiger partial charge on any atom is -0.325 e. The first-order chi connectivity index (χ1) is 8.33. The molecule has 3 aliphatic rings. The van der Waals surface area contributed by atoms with Crippen molar-refractivity contribution in [1.82, 2.24) is 0 Å². The van der Waals surface area contributed by atoms with Crippen molar-refractivity contribution in [3.8, 4) is 0 Å². The number of hydrogen-bond donors (Lipinski definition) is 1. The van der Waals surface area contributed by atoms with Crippen molar-refractivity contribution in [3.63, 3.8) is 0 Å². The Balaban J connectivity index is 0.000000574. The molecule has 4 heteroatoms. The van der Waals surface area contributed by atoms with E-state index in [4.69, 9.17) is 5.73 Å². The van der Waals surface area contributed by atoms with Crippen LogP contribution < -0.4 is 5.73 Å². The fraction of sp³-hybridized carbons (Fsp3) is 0.571. The van der Waals surface area contributed by atoms with Crippen LogP contribution >= 0.6 is 0 Å². The lowest BCUT2D eigenvalue weighted by Crippen LogP contribution is -2.74. The molecule has 0 amide bonds. The van der Waals surface area contributed by atoms with E-state index in [2.05, 4.69) is 0 Å². The molecule has 3 aliphatic carbocycles. The van der Waals surface area contributed by atoms with Gasteiger partial charge in [0.25, 0.3) is 0 Å². The highest BCUT2D eigenvalue weighted by Crippen LogP contribution is 2.66. The minimum atomic E-state index is -4.25. The van der Waals surface area contributed by atoms with Gasteiger partial charge in [-0.3, -0.25) is 0 Å². The maximum absolute atomic E-state index is 12.5. The number of rotatable bonds is 1. The minimum absolute atomic E-state index is 0.0456. The van der Waals surface area contributed by atoms with E-state index in [-0.39, 0.29) is 11.0 Å². The molecule has 0 unspecified atom stereocenters. The number of halogens is 3. The SMILES string of the molecule is CC.NC12CC(c3cccc(C(F)(F)F)c3)(C1)C2. The van der Waals surface area contributed by atoms with Gasteiger partial charge in [-0.1, -0.05) is 32.0 Å². The maximum atomic E-state index is 12.5. The Labute approximate surface area is 105 Å². The van der Waals surface area contributed by atoms with Gasteiger partial charge in [-0.05, 0) is 30.9 Å². The number of nitrogens with two attached hydrogens (primary N) is 1. The van der Waals surface area contributed by atoms with E-state index in [0.717, 1.165) is 30.9 Å². The van der Waals surface area contributed by atoms with E-state index < -0.39 is 11.7 Å². The summed E-state index contributed by atoms with van der Waals surface area (Å²) in [7, 11) is 0. The average Bonchev–Trinajstić information content (AvgIpc) is 2.25. The highest BCUT2D eigenvalue weighted by Gasteiger charge is 2.66. The van der Waals surface area contributed by atoms with E-state index in [1.54, 1.807) is 6.07 Å². The summed E-state index contributed by atoms with van der Waals surface area (Å²) in [4.78, 5) is 0.